The van der Waals surface area contributed by atoms with E-state index in [4.69, 9.17) is 17.3 Å². The molecule has 2 aromatic carbocycles. The van der Waals surface area contributed by atoms with Gasteiger partial charge in [0.2, 0.25) is 0 Å². The number of unbranched alkanes of at least 4 members (excludes halogenated alkanes) is 2. The highest BCUT2D eigenvalue weighted by Crippen LogP contribution is 2.19. The Morgan fingerprint density at radius 1 is 0.936 bits per heavy atom. The van der Waals surface area contributed by atoms with Gasteiger partial charge in [-0.2, -0.15) is 4.36 Å². The van der Waals surface area contributed by atoms with Gasteiger partial charge in [0.1, 0.15) is 11.6 Å². The van der Waals surface area contributed by atoms with E-state index in [1.807, 2.05) is 0 Å². The van der Waals surface area contributed by atoms with Crippen molar-refractivity contribution in [3.05, 3.63) is 87.8 Å². The van der Waals surface area contributed by atoms with Crippen LogP contribution in [0.4, 0.5) is 15.9 Å². The van der Waals surface area contributed by atoms with Gasteiger partial charge in [-0.25, -0.2) is 13.6 Å². The molecule has 0 fully saturated rings. The van der Waals surface area contributed by atoms with E-state index in [0.717, 1.165) is 6.07 Å². The minimum atomic E-state index is -3.05. The molecule has 0 unspecified atom stereocenters. The lowest BCUT2D eigenvalue weighted by Crippen LogP contribution is -2.15. The Kier molecular flexibility index (Phi) is 13.9. The number of methoxy groups -OCH3 is 2. The summed E-state index contributed by atoms with van der Waals surface area (Å²) < 4.78 is 40.6. The van der Waals surface area contributed by atoms with Gasteiger partial charge in [-0.1, -0.05) is 29.5 Å². The molecule has 3 aromatic rings. The number of halogens is 2. The van der Waals surface area contributed by atoms with Crippen LogP contribution >= 0.6 is 11.6 Å². The van der Waals surface area contributed by atoms with Crippen LogP contribution in [0.3, 0.4) is 0 Å². The Balaban J connectivity index is 1.78. The molecular formula is C33H34ClFN4O7S. The zero-order valence-electron chi connectivity index (χ0n) is 25.8. The molecule has 47 heavy (non-hydrogen) atoms. The van der Waals surface area contributed by atoms with Crippen LogP contribution in [0, 0.1) is 17.7 Å². The van der Waals surface area contributed by atoms with E-state index in [-0.39, 0.29) is 51.9 Å². The minimum Gasteiger partial charge on any atom is -0.469 e. The number of rotatable bonds is 13. The van der Waals surface area contributed by atoms with Crippen molar-refractivity contribution in [1.82, 2.24) is 4.98 Å². The summed E-state index contributed by atoms with van der Waals surface area (Å²) in [7, 11) is -0.481. The fraction of sp³-hybridized carbons (Fsp3) is 0.303. The van der Waals surface area contributed by atoms with Crippen LogP contribution in [0.2, 0.25) is 5.02 Å². The highest BCUT2D eigenvalue weighted by Gasteiger charge is 2.16. The number of pyridine rings is 1. The van der Waals surface area contributed by atoms with Crippen LogP contribution in [0.1, 0.15) is 70.4 Å². The molecule has 0 bridgehead atoms. The normalized spacial score (nSPS) is 10.7. The maximum absolute atomic E-state index is 13.7. The summed E-state index contributed by atoms with van der Waals surface area (Å²) in [4.78, 5) is 52.8. The molecule has 0 aliphatic rings. The molecule has 3 N–H and O–H groups in total. The number of ether oxygens (including phenoxy) is 2. The van der Waals surface area contributed by atoms with Crippen molar-refractivity contribution >= 4 is 56.6 Å². The molecule has 11 nitrogen and oxygen atoms in total. The number of carbonyl (C=O) groups excluding carboxylic acids is 4. The van der Waals surface area contributed by atoms with Gasteiger partial charge in [0, 0.05) is 47.4 Å². The second-order valence-corrected chi connectivity index (χ2v) is 13.2. The fourth-order valence-electron chi connectivity index (χ4n) is 4.14. The Morgan fingerprint density at radius 2 is 1.60 bits per heavy atom. The van der Waals surface area contributed by atoms with E-state index in [2.05, 4.69) is 36.0 Å². The topological polar surface area (TPSA) is 167 Å². The lowest BCUT2D eigenvalue weighted by Gasteiger charge is -2.10. The predicted molar refractivity (Wildman–Crippen MR) is 177 cm³/mol. The molecule has 14 heteroatoms. The van der Waals surface area contributed by atoms with Crippen LogP contribution in [0.15, 0.2) is 59.1 Å². The standard InChI is InChI=1S/C33H34ClFN4O7S/c1-45-29(40)10-3-5-16-47(44,17-6-4-11-30(41)46-2)39-33(43)25-19-23(31(36)37-21-25)13-12-22-8-7-9-26(18-22)38-32(42)24-14-15-28(35)27(34)20-24/h7-9,14-15,18-21H,3-6,10-11,16-17H2,1-2H3,(H2,36,37)(H,38,42). The maximum atomic E-state index is 13.7. The highest BCUT2D eigenvalue weighted by molar-refractivity contribution is 7.93. The van der Waals surface area contributed by atoms with Crippen LogP contribution in [0.5, 0.6) is 0 Å². The average molecular weight is 685 g/mol. The van der Waals surface area contributed by atoms with Gasteiger partial charge in [-0.15, -0.1) is 0 Å². The number of amides is 2. The predicted octanol–water partition coefficient (Wildman–Crippen LogP) is 5.40. The summed E-state index contributed by atoms with van der Waals surface area (Å²) in [6.45, 7) is 0. The Labute approximate surface area is 277 Å². The van der Waals surface area contributed by atoms with Crippen molar-refractivity contribution in [3.8, 4) is 11.8 Å². The van der Waals surface area contributed by atoms with Gasteiger partial charge in [-0.05, 0) is 68.1 Å². The first kappa shape index (κ1) is 36.7. The summed E-state index contributed by atoms with van der Waals surface area (Å²) in [6.07, 6.45) is 3.06. The van der Waals surface area contributed by atoms with E-state index >= 15 is 0 Å². The number of anilines is 2. The van der Waals surface area contributed by atoms with E-state index < -0.39 is 39.3 Å². The molecule has 3 rings (SSSR count). The van der Waals surface area contributed by atoms with Gasteiger partial charge in [-0.3, -0.25) is 19.2 Å². The molecule has 1 aromatic heterocycles. The third-order valence-electron chi connectivity index (χ3n) is 6.70. The first-order valence-corrected chi connectivity index (χ1v) is 16.7. The lowest BCUT2D eigenvalue weighted by atomic mass is 10.1. The van der Waals surface area contributed by atoms with Crippen LogP contribution in [-0.2, 0) is 28.8 Å². The van der Waals surface area contributed by atoms with Crippen molar-refractivity contribution < 1.29 is 37.3 Å². The van der Waals surface area contributed by atoms with Gasteiger partial charge < -0.3 is 20.5 Å². The number of nitrogens with zero attached hydrogens (tertiary/aromatic N) is 2. The number of nitrogens with two attached hydrogens (primary N) is 1. The van der Waals surface area contributed by atoms with Crippen LogP contribution in [0.25, 0.3) is 0 Å². The quantitative estimate of drug-likeness (QED) is 0.136. The molecule has 0 atom stereocenters. The van der Waals surface area contributed by atoms with E-state index in [1.54, 1.807) is 24.3 Å². The Bertz CT molecular complexity index is 1800. The summed E-state index contributed by atoms with van der Waals surface area (Å²) in [5, 5.41) is 2.52. The van der Waals surface area contributed by atoms with Crippen molar-refractivity contribution in [2.75, 3.05) is 36.8 Å². The molecule has 0 saturated heterocycles. The van der Waals surface area contributed by atoms with E-state index in [1.165, 1.54) is 38.6 Å². The molecule has 2 amide bonds. The molecule has 0 aliphatic carbocycles. The summed E-state index contributed by atoms with van der Waals surface area (Å²) in [5.74, 6) is 3.30. The van der Waals surface area contributed by atoms with Gasteiger partial charge in [0.15, 0.2) is 0 Å². The molecular weight excluding hydrogens is 651 g/mol. The Hall–Kier alpha value is -4.80. The molecule has 0 saturated carbocycles. The third-order valence-corrected chi connectivity index (χ3v) is 9.34. The minimum absolute atomic E-state index is 0.0271. The number of carbonyl (C=O) groups is 4. The fourth-order valence-corrected chi connectivity index (χ4v) is 6.43. The second kappa shape index (κ2) is 17.8. The first-order chi connectivity index (χ1) is 22.4. The van der Waals surface area contributed by atoms with Crippen molar-refractivity contribution in [2.24, 2.45) is 4.36 Å². The lowest BCUT2D eigenvalue weighted by molar-refractivity contribution is -0.141. The first-order valence-electron chi connectivity index (χ1n) is 14.5. The average Bonchev–Trinajstić information content (AvgIpc) is 3.05. The maximum Gasteiger partial charge on any atom is 0.305 e. The SMILES string of the molecule is COC(=O)CCCCS(=O)(CCCCC(=O)OC)=NC(=O)c1cnc(N)c(C#Cc2cccc(NC(=O)c3ccc(F)c(Cl)c3)c2)c1. The number of hydrogen-bond acceptors (Lipinski definition) is 9. The van der Waals surface area contributed by atoms with E-state index in [9.17, 15) is 27.8 Å². The summed E-state index contributed by atoms with van der Waals surface area (Å²) in [6, 6.07) is 11.7. The second-order valence-electron chi connectivity index (χ2n) is 10.2. The summed E-state index contributed by atoms with van der Waals surface area (Å²) >= 11 is 5.78. The van der Waals surface area contributed by atoms with Crippen molar-refractivity contribution in [2.45, 2.75) is 38.5 Å². The number of nitrogens with one attached hydrogen (secondary N) is 1. The monoisotopic (exact) mass is 684 g/mol. The van der Waals surface area contributed by atoms with Gasteiger partial charge in [0.25, 0.3) is 11.8 Å². The third kappa shape index (κ3) is 11.8. The van der Waals surface area contributed by atoms with Gasteiger partial charge >= 0.3 is 11.9 Å². The van der Waals surface area contributed by atoms with Crippen molar-refractivity contribution in [3.63, 3.8) is 0 Å². The smallest absolute Gasteiger partial charge is 0.305 e. The zero-order valence-corrected chi connectivity index (χ0v) is 27.4. The molecule has 0 spiro atoms. The molecule has 0 aliphatic heterocycles. The molecule has 1 heterocycles. The highest BCUT2D eigenvalue weighted by atomic mass is 35.5. The van der Waals surface area contributed by atoms with Crippen molar-refractivity contribution in [1.29, 1.82) is 0 Å². The number of esters is 2. The van der Waals surface area contributed by atoms with Crippen LogP contribution < -0.4 is 11.1 Å². The number of hydrogen-bond donors (Lipinski definition) is 2. The Morgan fingerprint density at radius 3 is 2.21 bits per heavy atom. The van der Waals surface area contributed by atoms with E-state index in [0.29, 0.717) is 36.9 Å². The zero-order chi connectivity index (χ0) is 34.4. The number of nitrogen functional groups attached to an aromatic ring is 1. The molecule has 0 radical (unpaired) electrons. The van der Waals surface area contributed by atoms with Gasteiger partial charge in [0.05, 0.1) is 40.1 Å². The summed E-state index contributed by atoms with van der Waals surface area (Å²) in [5.41, 5.74) is 7.36. The number of benzene rings is 2. The molecule has 248 valence electrons. The largest absolute Gasteiger partial charge is 0.469 e. The van der Waals surface area contributed by atoms with Crippen LogP contribution in [-0.4, -0.2) is 58.7 Å². The number of aromatic nitrogens is 1.